The number of aromatic nitrogens is 2. The third-order valence-corrected chi connectivity index (χ3v) is 6.15. The molecule has 0 N–H and O–H groups in total. The Bertz CT molecular complexity index is 1260. The lowest BCUT2D eigenvalue weighted by molar-refractivity contribution is 1.25. The standard InChI is InChI=1S/C24H16N2S2/c1-3-4-5-6-18-12-24(28-16-18)20-8-10-26-22(14-20)21-13-19(7-9-25-21)23-11-17(2)15-27-23/h7-16H,1-2H3. The van der Waals surface area contributed by atoms with E-state index < -0.39 is 0 Å². The number of rotatable bonds is 3. The second-order valence-corrected chi connectivity index (χ2v) is 7.99. The smallest absolute Gasteiger partial charge is 0.0892 e. The molecule has 0 saturated heterocycles. The number of hydrogen-bond acceptors (Lipinski definition) is 4. The molecule has 0 aromatic carbocycles. The summed E-state index contributed by atoms with van der Waals surface area (Å²) in [7, 11) is 0. The molecule has 0 radical (unpaired) electrons. The zero-order valence-electron chi connectivity index (χ0n) is 15.5. The number of thiophene rings is 2. The van der Waals surface area contributed by atoms with E-state index >= 15 is 0 Å². The zero-order valence-corrected chi connectivity index (χ0v) is 17.1. The van der Waals surface area contributed by atoms with Gasteiger partial charge in [-0.05, 0) is 84.2 Å². The van der Waals surface area contributed by atoms with E-state index in [4.69, 9.17) is 0 Å². The molecular formula is C24H16N2S2. The van der Waals surface area contributed by atoms with Gasteiger partial charge in [0, 0.05) is 33.1 Å². The minimum absolute atomic E-state index is 0.866. The van der Waals surface area contributed by atoms with Gasteiger partial charge in [-0.3, -0.25) is 9.97 Å². The molecule has 0 atom stereocenters. The number of aryl methyl sites for hydroxylation is 1. The molecule has 0 aliphatic rings. The van der Waals surface area contributed by atoms with Crippen LogP contribution in [0.15, 0.2) is 59.6 Å². The summed E-state index contributed by atoms with van der Waals surface area (Å²) in [5, 5.41) is 4.22. The third-order valence-electron chi connectivity index (χ3n) is 4.08. The first-order valence-electron chi connectivity index (χ1n) is 8.72. The molecule has 0 unspecified atom stereocenters. The molecule has 0 amide bonds. The zero-order chi connectivity index (χ0) is 19.3. The van der Waals surface area contributed by atoms with Gasteiger partial charge in [-0.15, -0.1) is 22.7 Å². The maximum Gasteiger partial charge on any atom is 0.0892 e. The van der Waals surface area contributed by atoms with Crippen molar-refractivity contribution in [1.29, 1.82) is 0 Å². The van der Waals surface area contributed by atoms with Crippen molar-refractivity contribution in [2.75, 3.05) is 0 Å². The van der Waals surface area contributed by atoms with Crippen LogP contribution >= 0.6 is 22.7 Å². The van der Waals surface area contributed by atoms with Gasteiger partial charge in [0.15, 0.2) is 0 Å². The SMILES string of the molecule is CC#CC#Cc1csc(-c2ccnc(-c3cc(-c4cc(C)cs4)ccn3)c2)c1. The van der Waals surface area contributed by atoms with Crippen LogP contribution in [0.1, 0.15) is 18.1 Å². The Morgan fingerprint density at radius 3 is 2.04 bits per heavy atom. The van der Waals surface area contributed by atoms with Crippen molar-refractivity contribution in [2.45, 2.75) is 13.8 Å². The summed E-state index contributed by atoms with van der Waals surface area (Å²) in [6, 6.07) is 12.5. The Morgan fingerprint density at radius 2 is 1.43 bits per heavy atom. The van der Waals surface area contributed by atoms with E-state index in [1.807, 2.05) is 24.5 Å². The minimum Gasteiger partial charge on any atom is -0.255 e. The van der Waals surface area contributed by atoms with Crippen LogP contribution in [0.4, 0.5) is 0 Å². The van der Waals surface area contributed by atoms with Crippen molar-refractivity contribution in [3.05, 3.63) is 70.7 Å². The average Bonchev–Trinajstić information content (AvgIpc) is 3.38. The molecule has 4 heteroatoms. The Balaban J connectivity index is 1.66. The van der Waals surface area contributed by atoms with Crippen LogP contribution in [0.3, 0.4) is 0 Å². The second-order valence-electron chi connectivity index (χ2n) is 6.17. The Hall–Kier alpha value is -3.18. The molecule has 134 valence electrons. The van der Waals surface area contributed by atoms with Gasteiger partial charge < -0.3 is 0 Å². The maximum atomic E-state index is 4.54. The van der Waals surface area contributed by atoms with E-state index in [1.54, 1.807) is 29.6 Å². The van der Waals surface area contributed by atoms with Crippen molar-refractivity contribution in [1.82, 2.24) is 9.97 Å². The summed E-state index contributed by atoms with van der Waals surface area (Å²) < 4.78 is 0. The highest BCUT2D eigenvalue weighted by atomic mass is 32.1. The van der Waals surface area contributed by atoms with E-state index in [-0.39, 0.29) is 0 Å². The van der Waals surface area contributed by atoms with Crippen LogP contribution < -0.4 is 0 Å². The molecule has 0 aliphatic carbocycles. The van der Waals surface area contributed by atoms with E-state index in [1.165, 1.54) is 16.0 Å². The van der Waals surface area contributed by atoms with E-state index in [2.05, 4.69) is 75.6 Å². The van der Waals surface area contributed by atoms with Crippen LogP contribution in [0.5, 0.6) is 0 Å². The van der Waals surface area contributed by atoms with Gasteiger partial charge in [-0.2, -0.15) is 0 Å². The molecule has 0 fully saturated rings. The largest absolute Gasteiger partial charge is 0.255 e. The normalized spacial score (nSPS) is 9.93. The predicted octanol–water partition coefficient (Wildman–Crippen LogP) is 6.28. The highest BCUT2D eigenvalue weighted by molar-refractivity contribution is 7.14. The molecule has 0 aliphatic heterocycles. The number of hydrogen-bond donors (Lipinski definition) is 0. The lowest BCUT2D eigenvalue weighted by Crippen LogP contribution is -1.88. The van der Waals surface area contributed by atoms with Gasteiger partial charge in [-0.1, -0.05) is 11.8 Å². The van der Waals surface area contributed by atoms with Crippen molar-refractivity contribution in [3.63, 3.8) is 0 Å². The molecule has 4 aromatic rings. The summed E-state index contributed by atoms with van der Waals surface area (Å²) in [6.45, 7) is 3.90. The predicted molar refractivity (Wildman–Crippen MR) is 119 cm³/mol. The Kier molecular flexibility index (Phi) is 5.35. The lowest BCUT2D eigenvalue weighted by Gasteiger charge is -2.05. The molecular weight excluding hydrogens is 380 g/mol. The van der Waals surface area contributed by atoms with Gasteiger partial charge >= 0.3 is 0 Å². The topological polar surface area (TPSA) is 25.8 Å². The third kappa shape index (κ3) is 4.05. The highest BCUT2D eigenvalue weighted by Crippen LogP contribution is 2.31. The van der Waals surface area contributed by atoms with Crippen LogP contribution in [0, 0.1) is 30.6 Å². The monoisotopic (exact) mass is 396 g/mol. The van der Waals surface area contributed by atoms with Gasteiger partial charge in [0.1, 0.15) is 0 Å². The van der Waals surface area contributed by atoms with Crippen molar-refractivity contribution in [2.24, 2.45) is 0 Å². The summed E-state index contributed by atoms with van der Waals surface area (Å²) in [4.78, 5) is 11.5. The quantitative estimate of drug-likeness (QED) is 0.381. The van der Waals surface area contributed by atoms with Gasteiger partial charge in [0.05, 0.1) is 11.4 Å². The molecule has 0 bridgehead atoms. The second kappa shape index (κ2) is 8.23. The molecule has 28 heavy (non-hydrogen) atoms. The number of pyridine rings is 2. The first kappa shape index (κ1) is 18.2. The molecule has 4 aromatic heterocycles. The minimum atomic E-state index is 0.866. The van der Waals surface area contributed by atoms with Crippen LogP contribution in [-0.4, -0.2) is 9.97 Å². The highest BCUT2D eigenvalue weighted by Gasteiger charge is 2.08. The van der Waals surface area contributed by atoms with Crippen molar-refractivity contribution < 1.29 is 0 Å². The fraction of sp³-hybridized carbons (Fsp3) is 0.0833. The van der Waals surface area contributed by atoms with E-state index in [0.717, 1.165) is 27.4 Å². The van der Waals surface area contributed by atoms with Gasteiger partial charge in [0.25, 0.3) is 0 Å². The molecule has 2 nitrogen and oxygen atoms in total. The number of nitrogens with zero attached hydrogens (tertiary/aromatic N) is 2. The molecule has 4 rings (SSSR count). The average molecular weight is 397 g/mol. The molecule has 0 saturated carbocycles. The molecule has 0 spiro atoms. The fourth-order valence-electron chi connectivity index (χ4n) is 2.75. The van der Waals surface area contributed by atoms with Crippen LogP contribution in [-0.2, 0) is 0 Å². The van der Waals surface area contributed by atoms with E-state index in [0.29, 0.717) is 0 Å². The summed E-state index contributed by atoms with van der Waals surface area (Å²) in [5.41, 5.74) is 6.28. The fourth-order valence-corrected chi connectivity index (χ4v) is 4.49. The van der Waals surface area contributed by atoms with E-state index in [9.17, 15) is 0 Å². The first-order chi connectivity index (χ1) is 13.7. The summed E-state index contributed by atoms with van der Waals surface area (Å²) in [5.74, 6) is 11.5. The first-order valence-corrected chi connectivity index (χ1v) is 10.5. The lowest BCUT2D eigenvalue weighted by atomic mass is 10.1. The van der Waals surface area contributed by atoms with Gasteiger partial charge in [0.2, 0.25) is 0 Å². The Labute approximate surface area is 173 Å². The van der Waals surface area contributed by atoms with Crippen LogP contribution in [0.25, 0.3) is 32.3 Å². The maximum absolute atomic E-state index is 4.54. The van der Waals surface area contributed by atoms with Crippen LogP contribution in [0.2, 0.25) is 0 Å². The molecule has 4 heterocycles. The summed E-state index contributed by atoms with van der Waals surface area (Å²) in [6.07, 6.45) is 3.68. The Morgan fingerprint density at radius 1 is 0.786 bits per heavy atom. The van der Waals surface area contributed by atoms with Crippen molar-refractivity contribution in [3.8, 4) is 56.0 Å². The van der Waals surface area contributed by atoms with Gasteiger partial charge in [-0.25, -0.2) is 0 Å². The van der Waals surface area contributed by atoms with Crippen molar-refractivity contribution >= 4 is 22.7 Å². The summed E-state index contributed by atoms with van der Waals surface area (Å²) >= 11 is 3.42.